The summed E-state index contributed by atoms with van der Waals surface area (Å²) in [5.41, 5.74) is 5.30. The molecule has 3 aromatic rings. The van der Waals surface area contributed by atoms with Crippen LogP contribution < -0.4 is 10.1 Å². The summed E-state index contributed by atoms with van der Waals surface area (Å²) < 4.78 is 12.2. The van der Waals surface area contributed by atoms with Crippen LogP contribution in [0.15, 0.2) is 83.6 Å². The number of nitrogens with one attached hydrogen (secondary N) is 1. The Morgan fingerprint density at radius 2 is 1.79 bits per heavy atom. The zero-order valence-electron chi connectivity index (χ0n) is 20.6. The summed E-state index contributed by atoms with van der Waals surface area (Å²) in [6, 6.07) is 19.2. The van der Waals surface area contributed by atoms with E-state index in [-0.39, 0.29) is 24.7 Å². The molecule has 1 aliphatic carbocycles. The number of benzene rings is 3. The summed E-state index contributed by atoms with van der Waals surface area (Å²) in [4.78, 5) is 37.1. The van der Waals surface area contributed by atoms with E-state index in [0.717, 1.165) is 26.0 Å². The van der Waals surface area contributed by atoms with E-state index in [1.807, 2.05) is 43.3 Å². The molecule has 2 aliphatic rings. The van der Waals surface area contributed by atoms with Gasteiger partial charge in [0.25, 0.3) is 5.69 Å². The van der Waals surface area contributed by atoms with E-state index in [1.54, 1.807) is 25.1 Å². The molecule has 1 atom stereocenters. The number of carbonyl (C=O) groups excluding carboxylic acids is 2. The second-order valence-electron chi connectivity index (χ2n) is 8.88. The Morgan fingerprint density at radius 3 is 2.45 bits per heavy atom. The standard InChI is InChI=1S/C29H23IN2O6/c1-3-37-29(34)24-16(2)31-27-20-6-4-5-7-21(20)28(33)26(27)25(24)18-10-13-23(22(30)14-18)38-15-17-8-11-19(12-9-17)32(35)36/h4-14,25,31H,3,15H2,1-2H3/t25-/m1/s1. The highest BCUT2D eigenvalue weighted by Gasteiger charge is 2.43. The van der Waals surface area contributed by atoms with Crippen molar-refractivity contribution in [3.05, 3.63) is 120 Å². The van der Waals surface area contributed by atoms with Gasteiger partial charge in [0.1, 0.15) is 12.4 Å². The molecule has 3 aromatic carbocycles. The molecule has 0 amide bonds. The number of esters is 1. The van der Waals surface area contributed by atoms with Crippen molar-refractivity contribution >= 4 is 45.7 Å². The van der Waals surface area contributed by atoms with Crippen molar-refractivity contribution in [3.63, 3.8) is 0 Å². The van der Waals surface area contributed by atoms with Crippen LogP contribution in [0.1, 0.15) is 46.8 Å². The number of hydrogen-bond acceptors (Lipinski definition) is 7. The molecule has 0 saturated heterocycles. The van der Waals surface area contributed by atoms with Gasteiger partial charge in [-0.25, -0.2) is 4.79 Å². The largest absolute Gasteiger partial charge is 0.488 e. The van der Waals surface area contributed by atoms with Gasteiger partial charge in [0.15, 0.2) is 5.78 Å². The van der Waals surface area contributed by atoms with Gasteiger partial charge in [-0.1, -0.05) is 30.3 Å². The molecule has 192 valence electrons. The van der Waals surface area contributed by atoms with Gasteiger partial charge in [-0.3, -0.25) is 14.9 Å². The van der Waals surface area contributed by atoms with Crippen molar-refractivity contribution in [2.24, 2.45) is 0 Å². The van der Waals surface area contributed by atoms with Crippen molar-refractivity contribution in [1.82, 2.24) is 5.32 Å². The Morgan fingerprint density at radius 1 is 1.08 bits per heavy atom. The summed E-state index contributed by atoms with van der Waals surface area (Å²) in [6.07, 6.45) is 0. The molecular formula is C29H23IN2O6. The quantitative estimate of drug-likeness (QED) is 0.151. The maximum atomic E-state index is 13.6. The van der Waals surface area contributed by atoms with E-state index in [4.69, 9.17) is 9.47 Å². The highest BCUT2D eigenvalue weighted by molar-refractivity contribution is 14.1. The number of Topliss-reactive ketones (excluding diaryl/α,β-unsaturated/α-hetero) is 1. The van der Waals surface area contributed by atoms with Crippen LogP contribution in [0.4, 0.5) is 5.69 Å². The second-order valence-corrected chi connectivity index (χ2v) is 10.0. The van der Waals surface area contributed by atoms with Gasteiger partial charge in [0.05, 0.1) is 26.4 Å². The van der Waals surface area contributed by atoms with Crippen LogP contribution in [0.3, 0.4) is 0 Å². The molecule has 1 heterocycles. The molecule has 0 aromatic heterocycles. The van der Waals surface area contributed by atoms with Crippen molar-refractivity contribution < 1.29 is 24.0 Å². The van der Waals surface area contributed by atoms with Gasteiger partial charge in [0.2, 0.25) is 0 Å². The van der Waals surface area contributed by atoms with Crippen LogP contribution in [0.25, 0.3) is 5.70 Å². The average molecular weight is 622 g/mol. The molecule has 9 heteroatoms. The zero-order valence-corrected chi connectivity index (χ0v) is 22.8. The SMILES string of the molecule is CCOC(=O)C1=C(C)NC2=C(C(=O)c3ccccc32)[C@@H]1c1ccc(OCc2ccc([N+](=O)[O-])cc2)c(I)c1. The number of rotatable bonds is 7. The van der Waals surface area contributed by atoms with Crippen molar-refractivity contribution in [1.29, 1.82) is 0 Å². The zero-order chi connectivity index (χ0) is 27.0. The lowest BCUT2D eigenvalue weighted by atomic mass is 9.80. The smallest absolute Gasteiger partial charge is 0.336 e. The van der Waals surface area contributed by atoms with Crippen molar-refractivity contribution in [3.8, 4) is 5.75 Å². The topological polar surface area (TPSA) is 108 Å². The number of non-ortho nitro benzene ring substituents is 1. The third-order valence-corrected chi connectivity index (χ3v) is 7.42. The molecule has 0 spiro atoms. The lowest BCUT2D eigenvalue weighted by molar-refractivity contribution is -0.384. The van der Waals surface area contributed by atoms with E-state index < -0.39 is 16.8 Å². The van der Waals surface area contributed by atoms with Crippen LogP contribution in [-0.2, 0) is 16.1 Å². The molecule has 5 rings (SSSR count). The summed E-state index contributed by atoms with van der Waals surface area (Å²) in [7, 11) is 0. The van der Waals surface area contributed by atoms with E-state index in [2.05, 4.69) is 27.9 Å². The first-order valence-electron chi connectivity index (χ1n) is 12.0. The number of dihydropyridines is 1. The minimum Gasteiger partial charge on any atom is -0.488 e. The summed E-state index contributed by atoms with van der Waals surface area (Å²) in [5.74, 6) is -0.570. The summed E-state index contributed by atoms with van der Waals surface area (Å²) in [6.45, 7) is 4.02. The minimum atomic E-state index is -0.609. The normalized spacial score (nSPS) is 16.1. The van der Waals surface area contributed by atoms with Crippen LogP contribution >= 0.6 is 22.6 Å². The predicted molar refractivity (Wildman–Crippen MR) is 149 cm³/mol. The van der Waals surface area contributed by atoms with E-state index in [1.165, 1.54) is 12.1 Å². The van der Waals surface area contributed by atoms with Gasteiger partial charge in [0, 0.05) is 40.4 Å². The van der Waals surface area contributed by atoms with E-state index >= 15 is 0 Å². The number of nitrogens with zero attached hydrogens (tertiary/aromatic N) is 1. The molecule has 8 nitrogen and oxygen atoms in total. The number of hydrogen-bond donors (Lipinski definition) is 1. The van der Waals surface area contributed by atoms with Gasteiger partial charge in [-0.05, 0) is 71.8 Å². The van der Waals surface area contributed by atoms with Crippen LogP contribution in [0.2, 0.25) is 0 Å². The average Bonchev–Trinajstić information content (AvgIpc) is 3.19. The monoisotopic (exact) mass is 622 g/mol. The Labute approximate surface area is 232 Å². The Balaban J connectivity index is 1.49. The first-order valence-corrected chi connectivity index (χ1v) is 13.1. The highest BCUT2D eigenvalue weighted by atomic mass is 127. The maximum Gasteiger partial charge on any atom is 0.336 e. The number of halogens is 1. The molecule has 0 fully saturated rings. The fourth-order valence-corrected chi connectivity index (χ4v) is 5.53. The maximum absolute atomic E-state index is 13.6. The number of nitro groups is 1. The van der Waals surface area contributed by atoms with Gasteiger partial charge >= 0.3 is 5.97 Å². The van der Waals surface area contributed by atoms with Crippen LogP contribution in [-0.4, -0.2) is 23.3 Å². The molecule has 1 aliphatic heterocycles. The second kappa shape index (κ2) is 10.4. The Hall–Kier alpha value is -3.99. The molecule has 1 N–H and O–H groups in total. The van der Waals surface area contributed by atoms with Crippen LogP contribution in [0, 0.1) is 13.7 Å². The van der Waals surface area contributed by atoms with E-state index in [9.17, 15) is 19.7 Å². The number of carbonyl (C=O) groups is 2. The summed E-state index contributed by atoms with van der Waals surface area (Å²) in [5, 5.41) is 14.2. The predicted octanol–water partition coefficient (Wildman–Crippen LogP) is 5.91. The van der Waals surface area contributed by atoms with Gasteiger partial charge in [-0.15, -0.1) is 0 Å². The number of ketones is 1. The third kappa shape index (κ3) is 4.58. The van der Waals surface area contributed by atoms with Gasteiger partial charge < -0.3 is 14.8 Å². The van der Waals surface area contributed by atoms with Crippen molar-refractivity contribution in [2.45, 2.75) is 26.4 Å². The molecular weight excluding hydrogens is 599 g/mol. The van der Waals surface area contributed by atoms with Crippen molar-refractivity contribution in [2.75, 3.05) is 6.61 Å². The minimum absolute atomic E-state index is 0.0210. The molecule has 0 saturated carbocycles. The lowest BCUT2D eigenvalue weighted by Gasteiger charge is -2.29. The lowest BCUT2D eigenvalue weighted by Crippen LogP contribution is -2.29. The first kappa shape index (κ1) is 25.7. The first-order chi connectivity index (χ1) is 18.3. The molecule has 0 unspecified atom stereocenters. The Bertz CT molecular complexity index is 1540. The molecule has 0 bridgehead atoms. The number of fused-ring (bicyclic) bond motifs is 2. The fraction of sp³-hybridized carbons (Fsp3) is 0.172. The molecule has 38 heavy (non-hydrogen) atoms. The summed E-state index contributed by atoms with van der Waals surface area (Å²) >= 11 is 2.17. The molecule has 0 radical (unpaired) electrons. The Kier molecular flexibility index (Phi) is 7.02. The van der Waals surface area contributed by atoms with E-state index in [0.29, 0.717) is 28.2 Å². The highest BCUT2D eigenvalue weighted by Crippen LogP contribution is 2.47. The number of ether oxygens (including phenoxy) is 2. The van der Waals surface area contributed by atoms with Crippen LogP contribution in [0.5, 0.6) is 5.75 Å². The van der Waals surface area contributed by atoms with Gasteiger partial charge in [-0.2, -0.15) is 0 Å². The third-order valence-electron chi connectivity index (χ3n) is 6.57. The fourth-order valence-electron chi connectivity index (χ4n) is 4.83. The number of allylic oxidation sites excluding steroid dienone is 2. The number of nitro benzene ring substituents is 1.